The highest BCUT2D eigenvalue weighted by Crippen LogP contribution is 2.11. The molecule has 0 radical (unpaired) electrons. The fraction of sp³-hybridized carbons (Fsp3) is 0.778. The van der Waals surface area contributed by atoms with E-state index in [1.165, 1.54) is 0 Å². The minimum absolute atomic E-state index is 0.0495. The van der Waals surface area contributed by atoms with Crippen LogP contribution in [0.3, 0.4) is 0 Å². The van der Waals surface area contributed by atoms with Crippen LogP contribution in [0.15, 0.2) is 6.33 Å². The van der Waals surface area contributed by atoms with Crippen molar-refractivity contribution < 1.29 is 10.2 Å². The Bertz CT molecular complexity index is 296. The lowest BCUT2D eigenvalue weighted by molar-refractivity contribution is 0.0694. The number of hydrogen-bond donors (Lipinski definition) is 3. The summed E-state index contributed by atoms with van der Waals surface area (Å²) in [5, 5.41) is 25.3. The molecule has 0 fully saturated rings. The number of aryl methyl sites for hydroxylation is 1. The monoisotopic (exact) mass is 214 g/mol. The summed E-state index contributed by atoms with van der Waals surface area (Å²) in [5.41, 5.74) is -0.491. The SMILES string of the molecule is Cn1cnc(CNCC(C)(CO)CO)n1. The summed E-state index contributed by atoms with van der Waals surface area (Å²) in [6.07, 6.45) is 1.63. The van der Waals surface area contributed by atoms with Crippen molar-refractivity contribution in [2.75, 3.05) is 19.8 Å². The van der Waals surface area contributed by atoms with Gasteiger partial charge in [-0.15, -0.1) is 0 Å². The van der Waals surface area contributed by atoms with Gasteiger partial charge in [0.15, 0.2) is 5.82 Å². The lowest BCUT2D eigenvalue weighted by atomic mass is 9.93. The average Bonchev–Trinajstić information content (AvgIpc) is 2.64. The van der Waals surface area contributed by atoms with Crippen molar-refractivity contribution in [3.05, 3.63) is 12.2 Å². The van der Waals surface area contributed by atoms with Crippen molar-refractivity contribution in [2.45, 2.75) is 13.5 Å². The molecule has 1 aromatic heterocycles. The van der Waals surface area contributed by atoms with Gasteiger partial charge >= 0.3 is 0 Å². The first kappa shape index (κ1) is 12.1. The first-order valence-corrected chi connectivity index (χ1v) is 4.86. The molecule has 0 saturated heterocycles. The van der Waals surface area contributed by atoms with Gasteiger partial charge in [-0.05, 0) is 0 Å². The normalized spacial score (nSPS) is 12.0. The van der Waals surface area contributed by atoms with Gasteiger partial charge in [-0.25, -0.2) is 4.98 Å². The number of nitrogens with zero attached hydrogens (tertiary/aromatic N) is 3. The molecular formula is C9H18N4O2. The Hall–Kier alpha value is -0.980. The maximum absolute atomic E-state index is 9.05. The largest absolute Gasteiger partial charge is 0.396 e. The van der Waals surface area contributed by atoms with Crippen molar-refractivity contribution in [1.29, 1.82) is 0 Å². The molecule has 86 valence electrons. The first-order chi connectivity index (χ1) is 7.09. The highest BCUT2D eigenvalue weighted by molar-refractivity contribution is 4.82. The molecule has 0 spiro atoms. The van der Waals surface area contributed by atoms with Gasteiger partial charge in [0.25, 0.3) is 0 Å². The predicted octanol–water partition coefficient (Wildman–Crippen LogP) is -1.10. The number of rotatable bonds is 6. The summed E-state index contributed by atoms with van der Waals surface area (Å²) in [6.45, 7) is 2.78. The molecule has 0 aliphatic heterocycles. The Labute approximate surface area is 89.0 Å². The maximum atomic E-state index is 9.05. The predicted molar refractivity (Wildman–Crippen MR) is 55.0 cm³/mol. The zero-order valence-corrected chi connectivity index (χ0v) is 9.14. The van der Waals surface area contributed by atoms with Gasteiger partial charge in [0.1, 0.15) is 6.33 Å². The number of nitrogens with one attached hydrogen (secondary N) is 1. The molecule has 0 amide bonds. The first-order valence-electron chi connectivity index (χ1n) is 4.86. The summed E-state index contributed by atoms with van der Waals surface area (Å²) in [6, 6.07) is 0. The Morgan fingerprint density at radius 1 is 1.47 bits per heavy atom. The van der Waals surface area contributed by atoms with Crippen molar-refractivity contribution in [2.24, 2.45) is 12.5 Å². The van der Waals surface area contributed by atoms with Crippen LogP contribution >= 0.6 is 0 Å². The number of hydrogen-bond acceptors (Lipinski definition) is 5. The molecule has 0 aliphatic carbocycles. The molecule has 3 N–H and O–H groups in total. The van der Waals surface area contributed by atoms with Crippen molar-refractivity contribution in [3.63, 3.8) is 0 Å². The minimum Gasteiger partial charge on any atom is -0.396 e. The molecule has 0 aliphatic rings. The second kappa shape index (κ2) is 5.20. The molecule has 6 nitrogen and oxygen atoms in total. The molecule has 1 aromatic rings. The van der Waals surface area contributed by atoms with Crippen LogP contribution in [0.4, 0.5) is 0 Å². The molecule has 6 heteroatoms. The van der Waals surface area contributed by atoms with Crippen LogP contribution in [-0.4, -0.2) is 44.7 Å². The van der Waals surface area contributed by atoms with E-state index in [0.29, 0.717) is 18.9 Å². The lowest BCUT2D eigenvalue weighted by Crippen LogP contribution is -2.37. The van der Waals surface area contributed by atoms with Crippen LogP contribution in [0, 0.1) is 5.41 Å². The van der Waals surface area contributed by atoms with E-state index in [1.54, 1.807) is 11.0 Å². The zero-order valence-electron chi connectivity index (χ0n) is 9.14. The average molecular weight is 214 g/mol. The van der Waals surface area contributed by atoms with Crippen molar-refractivity contribution in [1.82, 2.24) is 20.1 Å². The van der Waals surface area contributed by atoms with E-state index in [1.807, 2.05) is 14.0 Å². The second-order valence-electron chi connectivity index (χ2n) is 4.06. The van der Waals surface area contributed by atoms with Crippen LogP contribution in [0.2, 0.25) is 0 Å². The molecule has 1 rings (SSSR count). The van der Waals surface area contributed by atoms with E-state index in [4.69, 9.17) is 10.2 Å². The highest BCUT2D eigenvalue weighted by Gasteiger charge is 2.21. The summed E-state index contributed by atoms with van der Waals surface area (Å²) >= 11 is 0. The molecule has 0 unspecified atom stereocenters. The number of aliphatic hydroxyl groups excluding tert-OH is 2. The fourth-order valence-corrected chi connectivity index (χ4v) is 1.10. The summed E-state index contributed by atoms with van der Waals surface area (Å²) in [7, 11) is 1.81. The van der Waals surface area contributed by atoms with Crippen LogP contribution in [0.1, 0.15) is 12.7 Å². The third-order valence-corrected chi connectivity index (χ3v) is 2.25. The van der Waals surface area contributed by atoms with Crippen molar-refractivity contribution >= 4 is 0 Å². The third-order valence-electron chi connectivity index (χ3n) is 2.25. The fourth-order valence-electron chi connectivity index (χ4n) is 1.10. The zero-order chi connectivity index (χ0) is 11.3. The van der Waals surface area contributed by atoms with Crippen molar-refractivity contribution in [3.8, 4) is 0 Å². The van der Waals surface area contributed by atoms with Gasteiger partial charge in [-0.3, -0.25) is 4.68 Å². The Kier molecular flexibility index (Phi) is 4.19. The van der Waals surface area contributed by atoms with Gasteiger partial charge in [0, 0.05) is 19.0 Å². The second-order valence-corrected chi connectivity index (χ2v) is 4.06. The van der Waals surface area contributed by atoms with E-state index in [2.05, 4.69) is 15.4 Å². The Morgan fingerprint density at radius 3 is 2.60 bits per heavy atom. The van der Waals surface area contributed by atoms with Gasteiger partial charge < -0.3 is 15.5 Å². The topological polar surface area (TPSA) is 83.2 Å². The van der Waals surface area contributed by atoms with E-state index in [9.17, 15) is 0 Å². The molecular weight excluding hydrogens is 196 g/mol. The standard InChI is InChI=1S/C9H18N4O2/c1-9(5-14,6-15)4-10-3-8-11-7-13(2)12-8/h7,10,14-15H,3-6H2,1-2H3. The highest BCUT2D eigenvalue weighted by atomic mass is 16.3. The van der Waals surface area contributed by atoms with Gasteiger partial charge in [-0.1, -0.05) is 6.92 Å². The van der Waals surface area contributed by atoms with Crippen LogP contribution < -0.4 is 5.32 Å². The molecule has 0 atom stereocenters. The maximum Gasteiger partial charge on any atom is 0.164 e. The van der Waals surface area contributed by atoms with E-state index >= 15 is 0 Å². The molecule has 0 saturated carbocycles. The molecule has 0 aromatic carbocycles. The number of aliphatic hydroxyl groups is 2. The summed E-state index contributed by atoms with van der Waals surface area (Å²) < 4.78 is 1.63. The Balaban J connectivity index is 2.32. The van der Waals surface area contributed by atoms with Gasteiger partial charge in [0.05, 0.1) is 19.8 Å². The molecule has 1 heterocycles. The van der Waals surface area contributed by atoms with Crippen LogP contribution in [0.25, 0.3) is 0 Å². The molecule has 0 bridgehead atoms. The van der Waals surface area contributed by atoms with Gasteiger partial charge in [0.2, 0.25) is 0 Å². The Morgan fingerprint density at radius 2 is 2.13 bits per heavy atom. The van der Waals surface area contributed by atoms with E-state index in [-0.39, 0.29) is 13.2 Å². The smallest absolute Gasteiger partial charge is 0.164 e. The van der Waals surface area contributed by atoms with Crippen LogP contribution in [-0.2, 0) is 13.6 Å². The minimum atomic E-state index is -0.491. The lowest BCUT2D eigenvalue weighted by Gasteiger charge is -2.24. The van der Waals surface area contributed by atoms with Gasteiger partial charge in [-0.2, -0.15) is 5.10 Å². The number of aromatic nitrogens is 3. The summed E-state index contributed by atoms with van der Waals surface area (Å²) in [4.78, 5) is 4.05. The van der Waals surface area contributed by atoms with E-state index in [0.717, 1.165) is 0 Å². The third kappa shape index (κ3) is 3.58. The van der Waals surface area contributed by atoms with Crippen LogP contribution in [0.5, 0.6) is 0 Å². The molecule has 15 heavy (non-hydrogen) atoms. The van der Waals surface area contributed by atoms with E-state index < -0.39 is 5.41 Å². The summed E-state index contributed by atoms with van der Waals surface area (Å²) in [5.74, 6) is 0.704. The quantitative estimate of drug-likeness (QED) is 0.559.